The summed E-state index contributed by atoms with van der Waals surface area (Å²) in [6, 6.07) is 4.82. The average Bonchev–Trinajstić information content (AvgIpc) is 3.25. The molecule has 0 aliphatic carbocycles. The van der Waals surface area contributed by atoms with Crippen molar-refractivity contribution in [3.63, 3.8) is 0 Å². The largest absolute Gasteiger partial charge is 0.493 e. The van der Waals surface area contributed by atoms with Gasteiger partial charge in [0.25, 0.3) is 0 Å². The highest BCUT2D eigenvalue weighted by molar-refractivity contribution is 5.98. The summed E-state index contributed by atoms with van der Waals surface area (Å²) in [5.41, 5.74) is 0.535. The van der Waals surface area contributed by atoms with Crippen LogP contribution in [0, 0.1) is 11.3 Å². The van der Waals surface area contributed by atoms with Gasteiger partial charge in [0.1, 0.15) is 11.6 Å². The third kappa shape index (κ3) is 3.38. The van der Waals surface area contributed by atoms with Crippen LogP contribution in [0.25, 0.3) is 16.9 Å². The number of nitrogens with one attached hydrogen (secondary N) is 2. The van der Waals surface area contributed by atoms with Gasteiger partial charge in [0.15, 0.2) is 23.0 Å². The highest BCUT2D eigenvalue weighted by Crippen LogP contribution is 2.42. The number of carbonyl (C=O) groups excluding carboxylic acids is 1. The van der Waals surface area contributed by atoms with Crippen molar-refractivity contribution in [3.8, 4) is 34.6 Å². The van der Waals surface area contributed by atoms with E-state index in [1.54, 1.807) is 5.32 Å². The first-order valence-corrected chi connectivity index (χ1v) is 7.93. The number of halogens is 3. The van der Waals surface area contributed by atoms with Crippen LogP contribution in [0.2, 0.25) is 0 Å². The van der Waals surface area contributed by atoms with E-state index in [4.69, 9.17) is 14.2 Å². The lowest BCUT2D eigenvalue weighted by Crippen LogP contribution is -2.30. The number of hydrogen-bond donors (Lipinski definition) is 2. The molecule has 0 saturated heterocycles. The van der Waals surface area contributed by atoms with Crippen molar-refractivity contribution in [1.29, 1.82) is 5.26 Å². The number of amides is 1. The van der Waals surface area contributed by atoms with Crippen LogP contribution < -0.4 is 19.5 Å². The molecule has 0 saturated carbocycles. The zero-order chi connectivity index (χ0) is 21.3. The molecule has 0 spiro atoms. The fraction of sp³-hybridized carbons (Fsp3) is 0.235. The maximum atomic E-state index is 12.8. The molecule has 0 aliphatic heterocycles. The fourth-order valence-corrected chi connectivity index (χ4v) is 2.73. The molecule has 3 aromatic rings. The van der Waals surface area contributed by atoms with E-state index in [0.29, 0.717) is 5.56 Å². The molecular weight excluding hydrogens is 395 g/mol. The summed E-state index contributed by atoms with van der Waals surface area (Å²) in [6.07, 6.45) is -3.96. The van der Waals surface area contributed by atoms with Crippen molar-refractivity contribution in [2.24, 2.45) is 0 Å². The minimum absolute atomic E-state index is 0.0569. The lowest BCUT2D eigenvalue weighted by Gasteiger charge is -2.14. The Labute approximate surface area is 161 Å². The number of alkyl halides is 3. The molecule has 0 bridgehead atoms. The monoisotopic (exact) mass is 409 g/mol. The summed E-state index contributed by atoms with van der Waals surface area (Å²) >= 11 is 0. The second-order valence-corrected chi connectivity index (χ2v) is 5.64. The molecule has 0 unspecified atom stereocenters. The van der Waals surface area contributed by atoms with Gasteiger partial charge in [-0.15, -0.1) is 0 Å². The van der Waals surface area contributed by atoms with Gasteiger partial charge < -0.3 is 24.5 Å². The molecule has 2 heterocycles. The van der Waals surface area contributed by atoms with Gasteiger partial charge in [0.2, 0.25) is 5.75 Å². The third-order valence-electron chi connectivity index (χ3n) is 4.02. The third-order valence-corrected chi connectivity index (χ3v) is 4.02. The van der Waals surface area contributed by atoms with Crippen molar-refractivity contribution >= 4 is 17.4 Å². The molecule has 152 valence electrons. The molecule has 1 amide bonds. The number of aromatic amines is 1. The molecule has 0 atom stereocenters. The average molecular weight is 409 g/mol. The number of rotatable bonds is 5. The zero-order valence-corrected chi connectivity index (χ0v) is 15.3. The Balaban J connectivity index is 2.26. The van der Waals surface area contributed by atoms with Crippen molar-refractivity contribution in [2.45, 2.75) is 6.18 Å². The van der Waals surface area contributed by atoms with Crippen LogP contribution in [-0.4, -0.2) is 48.0 Å². The van der Waals surface area contributed by atoms with E-state index in [-0.39, 0.29) is 40.0 Å². The second-order valence-electron chi connectivity index (χ2n) is 5.64. The van der Waals surface area contributed by atoms with E-state index in [2.05, 4.69) is 10.1 Å². The normalized spacial score (nSPS) is 11.2. The summed E-state index contributed by atoms with van der Waals surface area (Å²) in [6.45, 7) is 0. The summed E-state index contributed by atoms with van der Waals surface area (Å²) in [4.78, 5) is 14.4. The van der Waals surface area contributed by atoms with Crippen LogP contribution in [-0.2, 0) is 4.79 Å². The number of fused-ring (bicyclic) bond motifs is 1. The summed E-state index contributed by atoms with van der Waals surface area (Å²) < 4.78 is 55.2. The zero-order valence-electron chi connectivity index (χ0n) is 15.3. The SMILES string of the molecule is COc1cc(-c2[nH]c3c(C#N)cnn3c2NC(=O)C(F)(F)F)cc(OC)c1OC. The van der Waals surface area contributed by atoms with Gasteiger partial charge in [-0.3, -0.25) is 4.79 Å². The Morgan fingerprint density at radius 3 is 2.31 bits per heavy atom. The predicted molar refractivity (Wildman–Crippen MR) is 94.0 cm³/mol. The Kier molecular flexibility index (Phi) is 4.98. The number of methoxy groups -OCH3 is 3. The van der Waals surface area contributed by atoms with E-state index in [1.807, 2.05) is 6.07 Å². The number of ether oxygens (including phenoxy) is 3. The Morgan fingerprint density at radius 1 is 1.21 bits per heavy atom. The topological polar surface area (TPSA) is 114 Å². The number of aromatic nitrogens is 3. The van der Waals surface area contributed by atoms with Gasteiger partial charge in [-0.25, -0.2) is 0 Å². The number of hydrogen-bond acceptors (Lipinski definition) is 6. The molecule has 3 rings (SSSR count). The molecular formula is C17H14F3N5O4. The van der Waals surface area contributed by atoms with Crippen LogP contribution in [0.1, 0.15) is 5.56 Å². The number of H-pyrrole nitrogens is 1. The number of carbonyl (C=O) groups is 1. The Bertz CT molecular complexity index is 1100. The molecule has 2 N–H and O–H groups in total. The summed E-state index contributed by atoms with van der Waals surface area (Å²) in [5, 5.41) is 14.9. The fourth-order valence-electron chi connectivity index (χ4n) is 2.73. The highest BCUT2D eigenvalue weighted by atomic mass is 19.4. The first-order chi connectivity index (χ1) is 13.7. The number of anilines is 1. The number of nitriles is 1. The van der Waals surface area contributed by atoms with Gasteiger partial charge in [-0.05, 0) is 12.1 Å². The first-order valence-electron chi connectivity index (χ1n) is 7.93. The second kappa shape index (κ2) is 7.27. The smallest absolute Gasteiger partial charge is 0.471 e. The predicted octanol–water partition coefficient (Wildman–Crippen LogP) is 2.73. The van der Waals surface area contributed by atoms with Gasteiger partial charge in [0, 0.05) is 5.56 Å². The van der Waals surface area contributed by atoms with E-state index in [0.717, 1.165) is 10.7 Å². The summed E-state index contributed by atoms with van der Waals surface area (Å²) in [7, 11) is 4.16. The lowest BCUT2D eigenvalue weighted by molar-refractivity contribution is -0.167. The van der Waals surface area contributed by atoms with E-state index in [1.165, 1.54) is 33.5 Å². The standard InChI is InChI=1S/C17H14F3N5O4/c1-27-10-4-8(5-11(28-2)13(10)29-3)12-15(24-16(26)17(18,19)20)25-14(23-12)9(6-21)7-22-25/h4-5,7,23H,1-3H3,(H,24,26). The van der Waals surface area contributed by atoms with Crippen LogP contribution in [0.15, 0.2) is 18.3 Å². The minimum atomic E-state index is -5.12. The maximum absolute atomic E-state index is 12.8. The van der Waals surface area contributed by atoms with Crippen molar-refractivity contribution in [3.05, 3.63) is 23.9 Å². The number of benzene rings is 1. The Hall–Kier alpha value is -3.88. The number of imidazole rings is 1. The van der Waals surface area contributed by atoms with Crippen LogP contribution in [0.3, 0.4) is 0 Å². The molecule has 29 heavy (non-hydrogen) atoms. The molecule has 2 aromatic heterocycles. The van der Waals surface area contributed by atoms with Gasteiger partial charge in [0.05, 0.1) is 33.2 Å². The van der Waals surface area contributed by atoms with Gasteiger partial charge in [-0.2, -0.15) is 28.0 Å². The van der Waals surface area contributed by atoms with E-state index in [9.17, 15) is 23.2 Å². The lowest BCUT2D eigenvalue weighted by atomic mass is 10.1. The number of nitrogens with zero attached hydrogens (tertiary/aromatic N) is 3. The summed E-state index contributed by atoms with van der Waals surface area (Å²) in [5.74, 6) is -1.75. The molecule has 0 fully saturated rings. The van der Waals surface area contributed by atoms with E-state index < -0.39 is 12.1 Å². The van der Waals surface area contributed by atoms with Crippen LogP contribution in [0.4, 0.5) is 19.0 Å². The van der Waals surface area contributed by atoms with Crippen LogP contribution >= 0.6 is 0 Å². The molecule has 1 aromatic carbocycles. The highest BCUT2D eigenvalue weighted by Gasteiger charge is 2.40. The minimum Gasteiger partial charge on any atom is -0.493 e. The molecule has 9 nitrogen and oxygen atoms in total. The first kappa shape index (κ1) is 19.9. The van der Waals surface area contributed by atoms with Crippen molar-refractivity contribution in [1.82, 2.24) is 14.6 Å². The van der Waals surface area contributed by atoms with Crippen LogP contribution in [0.5, 0.6) is 17.2 Å². The molecule has 12 heteroatoms. The Morgan fingerprint density at radius 2 is 1.83 bits per heavy atom. The van der Waals surface area contributed by atoms with Crippen molar-refractivity contribution < 1.29 is 32.2 Å². The molecule has 0 aliphatic rings. The van der Waals surface area contributed by atoms with E-state index >= 15 is 0 Å². The van der Waals surface area contributed by atoms with Crippen molar-refractivity contribution in [2.75, 3.05) is 26.6 Å². The van der Waals surface area contributed by atoms with Gasteiger partial charge >= 0.3 is 12.1 Å². The van der Waals surface area contributed by atoms with Gasteiger partial charge in [-0.1, -0.05) is 0 Å². The molecule has 0 radical (unpaired) electrons. The maximum Gasteiger partial charge on any atom is 0.471 e. The quantitative estimate of drug-likeness (QED) is 0.670.